The van der Waals surface area contributed by atoms with E-state index in [-0.39, 0.29) is 5.82 Å². The van der Waals surface area contributed by atoms with Crippen LogP contribution < -0.4 is 0 Å². The first-order chi connectivity index (χ1) is 6.61. The molecule has 0 fully saturated rings. The normalized spacial score (nSPS) is 13.4. The molecule has 1 aromatic heterocycles. The molecule has 1 N–H and O–H groups in total. The van der Waals surface area contributed by atoms with Crippen LogP contribution in [0.15, 0.2) is 24.3 Å². The number of hydrogen-bond donors (Lipinski definition) is 1. The van der Waals surface area contributed by atoms with Gasteiger partial charge in [0.15, 0.2) is 0 Å². The molecule has 2 nitrogen and oxygen atoms in total. The minimum absolute atomic E-state index is 0.253. The Hall–Kier alpha value is -1.35. The fourth-order valence-corrected chi connectivity index (χ4v) is 1.79. The Morgan fingerprint density at radius 1 is 1.43 bits per heavy atom. The topological polar surface area (TPSA) is 25.2 Å². The van der Waals surface area contributed by atoms with Crippen LogP contribution in [0.1, 0.15) is 18.7 Å². The Morgan fingerprint density at radius 2 is 2.14 bits per heavy atom. The fraction of sp³-hybridized carbons (Fsp3) is 0.273. The number of aromatic nitrogens is 1. The molecule has 0 saturated heterocycles. The SMILES string of the molecule is CC(O)c1cc2cccc(F)c2n1C. The first-order valence-corrected chi connectivity index (χ1v) is 4.53. The summed E-state index contributed by atoms with van der Waals surface area (Å²) >= 11 is 0. The third-order valence-corrected chi connectivity index (χ3v) is 2.47. The summed E-state index contributed by atoms with van der Waals surface area (Å²) in [5, 5.41) is 10.3. The summed E-state index contributed by atoms with van der Waals surface area (Å²) in [6, 6.07) is 6.74. The van der Waals surface area contributed by atoms with Gasteiger partial charge in [-0.05, 0) is 19.1 Å². The largest absolute Gasteiger partial charge is 0.387 e. The van der Waals surface area contributed by atoms with E-state index in [0.717, 1.165) is 11.1 Å². The first kappa shape index (κ1) is 9.21. The van der Waals surface area contributed by atoms with Gasteiger partial charge in [0.1, 0.15) is 5.82 Å². The number of benzene rings is 1. The van der Waals surface area contributed by atoms with E-state index in [4.69, 9.17) is 0 Å². The molecule has 0 bridgehead atoms. The number of nitrogens with zero attached hydrogens (tertiary/aromatic N) is 1. The lowest BCUT2D eigenvalue weighted by atomic mass is 10.2. The molecule has 0 aliphatic rings. The number of aliphatic hydroxyl groups excluding tert-OH is 1. The third-order valence-electron chi connectivity index (χ3n) is 2.47. The maximum absolute atomic E-state index is 13.4. The van der Waals surface area contributed by atoms with E-state index in [0.29, 0.717) is 5.52 Å². The van der Waals surface area contributed by atoms with Crippen LogP contribution >= 0.6 is 0 Å². The molecule has 0 amide bonds. The zero-order valence-electron chi connectivity index (χ0n) is 8.16. The molecule has 0 radical (unpaired) electrons. The molecular weight excluding hydrogens is 181 g/mol. The predicted molar refractivity (Wildman–Crippen MR) is 53.5 cm³/mol. The number of halogens is 1. The summed E-state index contributed by atoms with van der Waals surface area (Å²) in [5.41, 5.74) is 1.27. The van der Waals surface area contributed by atoms with E-state index in [1.807, 2.05) is 12.1 Å². The smallest absolute Gasteiger partial charge is 0.147 e. The molecule has 1 unspecified atom stereocenters. The van der Waals surface area contributed by atoms with E-state index in [9.17, 15) is 9.50 Å². The van der Waals surface area contributed by atoms with Crippen molar-refractivity contribution in [2.75, 3.05) is 0 Å². The fourth-order valence-electron chi connectivity index (χ4n) is 1.79. The Balaban J connectivity index is 2.81. The highest BCUT2D eigenvalue weighted by molar-refractivity contribution is 5.81. The highest BCUT2D eigenvalue weighted by Gasteiger charge is 2.12. The van der Waals surface area contributed by atoms with Crippen molar-refractivity contribution in [3.05, 3.63) is 35.8 Å². The van der Waals surface area contributed by atoms with Gasteiger partial charge >= 0.3 is 0 Å². The van der Waals surface area contributed by atoms with E-state index in [1.54, 1.807) is 24.6 Å². The van der Waals surface area contributed by atoms with Crippen molar-refractivity contribution in [3.63, 3.8) is 0 Å². The van der Waals surface area contributed by atoms with E-state index >= 15 is 0 Å². The van der Waals surface area contributed by atoms with Crippen molar-refractivity contribution in [3.8, 4) is 0 Å². The lowest BCUT2D eigenvalue weighted by molar-refractivity contribution is 0.191. The van der Waals surface area contributed by atoms with Gasteiger partial charge in [-0.3, -0.25) is 0 Å². The molecular formula is C11H12FNO. The molecule has 0 aliphatic heterocycles. The molecule has 1 aromatic carbocycles. The molecule has 0 saturated carbocycles. The molecule has 74 valence electrons. The maximum atomic E-state index is 13.4. The lowest BCUT2D eigenvalue weighted by Crippen LogP contribution is -2.00. The van der Waals surface area contributed by atoms with Crippen LogP contribution in [0.5, 0.6) is 0 Å². The van der Waals surface area contributed by atoms with Crippen molar-refractivity contribution in [2.45, 2.75) is 13.0 Å². The van der Waals surface area contributed by atoms with Gasteiger partial charge in [-0.1, -0.05) is 12.1 Å². The van der Waals surface area contributed by atoms with Gasteiger partial charge in [-0.15, -0.1) is 0 Å². The van der Waals surface area contributed by atoms with Gasteiger partial charge in [-0.25, -0.2) is 4.39 Å². The van der Waals surface area contributed by atoms with Crippen LogP contribution in [0.2, 0.25) is 0 Å². The minimum atomic E-state index is -0.577. The lowest BCUT2D eigenvalue weighted by Gasteiger charge is -2.06. The Kier molecular flexibility index (Phi) is 2.04. The van der Waals surface area contributed by atoms with Crippen LogP contribution in [-0.2, 0) is 7.05 Å². The average Bonchev–Trinajstić information content (AvgIpc) is 2.45. The summed E-state index contributed by atoms with van der Waals surface area (Å²) in [4.78, 5) is 0. The van der Waals surface area contributed by atoms with Crippen LogP contribution in [0.3, 0.4) is 0 Å². The molecule has 2 rings (SSSR count). The summed E-state index contributed by atoms with van der Waals surface area (Å²) < 4.78 is 15.1. The molecule has 1 heterocycles. The van der Waals surface area contributed by atoms with Crippen molar-refractivity contribution in [1.82, 2.24) is 4.57 Å². The zero-order chi connectivity index (χ0) is 10.3. The summed E-state index contributed by atoms with van der Waals surface area (Å²) in [7, 11) is 1.76. The number of aryl methyl sites for hydroxylation is 1. The highest BCUT2D eigenvalue weighted by atomic mass is 19.1. The van der Waals surface area contributed by atoms with Crippen LogP contribution in [0.25, 0.3) is 10.9 Å². The van der Waals surface area contributed by atoms with Crippen molar-refractivity contribution in [2.24, 2.45) is 7.05 Å². The van der Waals surface area contributed by atoms with Gasteiger partial charge in [0.05, 0.1) is 11.6 Å². The number of fused-ring (bicyclic) bond motifs is 1. The summed E-state index contributed by atoms with van der Waals surface area (Å²) in [6.07, 6.45) is -0.577. The third kappa shape index (κ3) is 1.21. The molecule has 1 atom stereocenters. The van der Waals surface area contributed by atoms with Crippen LogP contribution in [0, 0.1) is 5.82 Å². The van der Waals surface area contributed by atoms with Crippen LogP contribution in [-0.4, -0.2) is 9.67 Å². The molecule has 3 heteroatoms. The predicted octanol–water partition coefficient (Wildman–Crippen LogP) is 2.37. The Bertz CT molecular complexity index is 473. The van der Waals surface area contributed by atoms with Crippen molar-refractivity contribution >= 4 is 10.9 Å². The average molecular weight is 193 g/mol. The van der Waals surface area contributed by atoms with Gasteiger partial charge in [0, 0.05) is 18.1 Å². The van der Waals surface area contributed by atoms with E-state index < -0.39 is 6.10 Å². The maximum Gasteiger partial charge on any atom is 0.147 e. The number of aliphatic hydroxyl groups is 1. The van der Waals surface area contributed by atoms with Gasteiger partial charge in [-0.2, -0.15) is 0 Å². The van der Waals surface area contributed by atoms with Crippen molar-refractivity contribution < 1.29 is 9.50 Å². The number of rotatable bonds is 1. The standard InChI is InChI=1S/C11H12FNO/c1-7(14)10-6-8-4-3-5-9(12)11(8)13(10)2/h3-7,14H,1-2H3. The Morgan fingerprint density at radius 3 is 2.71 bits per heavy atom. The summed E-state index contributed by atoms with van der Waals surface area (Å²) in [6.45, 7) is 1.67. The quantitative estimate of drug-likeness (QED) is 0.739. The van der Waals surface area contributed by atoms with Crippen molar-refractivity contribution in [1.29, 1.82) is 0 Å². The second-order valence-electron chi connectivity index (χ2n) is 3.48. The molecule has 14 heavy (non-hydrogen) atoms. The minimum Gasteiger partial charge on any atom is -0.387 e. The van der Waals surface area contributed by atoms with E-state index in [1.165, 1.54) is 6.07 Å². The zero-order valence-corrected chi connectivity index (χ0v) is 8.16. The molecule has 0 spiro atoms. The van der Waals surface area contributed by atoms with E-state index in [2.05, 4.69) is 0 Å². The molecule has 2 aromatic rings. The van der Waals surface area contributed by atoms with Crippen LogP contribution in [0.4, 0.5) is 4.39 Å². The molecule has 0 aliphatic carbocycles. The second kappa shape index (κ2) is 3.10. The monoisotopic (exact) mass is 193 g/mol. The Labute approximate surface area is 81.6 Å². The van der Waals surface area contributed by atoms with Gasteiger partial charge in [0.2, 0.25) is 0 Å². The van der Waals surface area contributed by atoms with Gasteiger partial charge in [0.25, 0.3) is 0 Å². The van der Waals surface area contributed by atoms with Gasteiger partial charge < -0.3 is 9.67 Å². The number of para-hydroxylation sites is 1. The second-order valence-corrected chi connectivity index (χ2v) is 3.48. The number of hydrogen-bond acceptors (Lipinski definition) is 1. The summed E-state index contributed by atoms with van der Waals surface area (Å²) in [5.74, 6) is -0.253. The first-order valence-electron chi connectivity index (χ1n) is 4.53. The highest BCUT2D eigenvalue weighted by Crippen LogP contribution is 2.24.